The van der Waals surface area contributed by atoms with E-state index in [1.807, 2.05) is 42.5 Å². The van der Waals surface area contributed by atoms with Crippen LogP contribution in [0.25, 0.3) is 22.0 Å². The van der Waals surface area contributed by atoms with Gasteiger partial charge in [-0.15, -0.1) is 0 Å². The van der Waals surface area contributed by atoms with Crippen molar-refractivity contribution in [3.8, 4) is 0 Å². The predicted molar refractivity (Wildman–Crippen MR) is 100.0 cm³/mol. The first-order valence-corrected chi connectivity index (χ1v) is 9.44. The summed E-state index contributed by atoms with van der Waals surface area (Å²) < 4.78 is 27.0. The zero-order valence-corrected chi connectivity index (χ0v) is 14.6. The zero-order chi connectivity index (χ0) is 18.1. The molecule has 6 heteroatoms. The Bertz CT molecular complexity index is 1110. The summed E-state index contributed by atoms with van der Waals surface area (Å²) in [6, 6.07) is 16.7. The highest BCUT2D eigenvalue weighted by Gasteiger charge is 2.27. The van der Waals surface area contributed by atoms with E-state index in [9.17, 15) is 13.2 Å². The largest absolute Gasteiger partial charge is 0.457 e. The summed E-state index contributed by atoms with van der Waals surface area (Å²) in [4.78, 5) is 16.7. The Kier molecular flexibility index (Phi) is 4.26. The molecule has 0 saturated heterocycles. The molecule has 0 bridgehead atoms. The van der Waals surface area contributed by atoms with Crippen LogP contribution in [0.15, 0.2) is 60.8 Å². The van der Waals surface area contributed by atoms with Gasteiger partial charge in [0.15, 0.2) is 0 Å². The van der Waals surface area contributed by atoms with E-state index in [-0.39, 0.29) is 18.3 Å². The number of ether oxygens (including phenoxy) is 1. The minimum atomic E-state index is -2.46. The van der Waals surface area contributed by atoms with Gasteiger partial charge in [0, 0.05) is 17.2 Å². The molecule has 4 rings (SSSR count). The summed E-state index contributed by atoms with van der Waals surface area (Å²) in [5, 5.41) is 1.00. The van der Waals surface area contributed by atoms with Crippen molar-refractivity contribution in [2.75, 3.05) is 6.61 Å². The van der Waals surface area contributed by atoms with E-state index in [0.717, 1.165) is 27.6 Å². The Hall–Kier alpha value is -2.99. The maximum Gasteiger partial charge on any atom is 0.339 e. The summed E-state index contributed by atoms with van der Waals surface area (Å²) in [5.41, 5.74) is 4.46. The molecule has 0 saturated carbocycles. The average Bonchev–Trinajstić information content (AvgIpc) is 3.03. The van der Waals surface area contributed by atoms with Gasteiger partial charge in [-0.2, -0.15) is 0 Å². The number of aromatic nitrogens is 1. The first kappa shape index (κ1) is 16.5. The van der Waals surface area contributed by atoms with Gasteiger partial charge in [0.05, 0.1) is 16.8 Å². The van der Waals surface area contributed by atoms with Crippen LogP contribution in [0.4, 0.5) is 0 Å². The van der Waals surface area contributed by atoms with Crippen LogP contribution < -0.4 is 0 Å². The number of cyclic esters (lactones) is 1. The molecular weight excluding hydrogens is 350 g/mol. The van der Waals surface area contributed by atoms with Crippen LogP contribution >= 0.6 is 0 Å². The number of benzene rings is 2. The number of nitrogens with zero attached hydrogens (tertiary/aromatic N) is 1. The lowest BCUT2D eigenvalue weighted by Gasteiger charge is -2.06. The van der Waals surface area contributed by atoms with Gasteiger partial charge in [0.2, 0.25) is 0 Å². The first-order chi connectivity index (χ1) is 12.6. The van der Waals surface area contributed by atoms with Gasteiger partial charge in [0.25, 0.3) is 0 Å². The average molecular weight is 365 g/mol. The Morgan fingerprint density at radius 1 is 1.00 bits per heavy atom. The molecule has 0 unspecified atom stereocenters. The summed E-state index contributed by atoms with van der Waals surface area (Å²) in [6.45, 7) is 0.198. The Morgan fingerprint density at radius 2 is 1.77 bits per heavy atom. The lowest BCUT2D eigenvalue weighted by atomic mass is 9.95. The van der Waals surface area contributed by atoms with Gasteiger partial charge in [0.1, 0.15) is 17.3 Å². The van der Waals surface area contributed by atoms with Crippen molar-refractivity contribution in [2.24, 2.45) is 0 Å². The summed E-state index contributed by atoms with van der Waals surface area (Å²) in [6.07, 6.45) is 1.72. The molecule has 1 aromatic heterocycles. The van der Waals surface area contributed by atoms with E-state index in [1.54, 1.807) is 18.3 Å². The Labute approximate surface area is 151 Å². The highest BCUT2D eigenvalue weighted by atomic mass is 32.2. The van der Waals surface area contributed by atoms with Crippen molar-refractivity contribution < 1.29 is 17.9 Å². The molecule has 2 aromatic carbocycles. The third-order valence-corrected chi connectivity index (χ3v) is 4.99. The van der Waals surface area contributed by atoms with Crippen molar-refractivity contribution in [2.45, 2.75) is 5.75 Å². The van der Waals surface area contributed by atoms with E-state index >= 15 is 0 Å². The predicted octanol–water partition coefficient (Wildman–Crippen LogP) is 2.81. The maximum atomic E-state index is 12.3. The maximum absolute atomic E-state index is 12.3. The molecule has 2 heterocycles. The number of fused-ring (bicyclic) bond motifs is 1. The minimum Gasteiger partial charge on any atom is -0.457 e. The van der Waals surface area contributed by atoms with Crippen molar-refractivity contribution in [3.63, 3.8) is 0 Å². The van der Waals surface area contributed by atoms with Crippen LogP contribution in [-0.4, -0.2) is 26.0 Å². The second kappa shape index (κ2) is 6.72. The molecule has 0 spiro atoms. The number of carbonyl (C=O) groups excluding carboxylic acids is 1. The zero-order valence-electron chi connectivity index (χ0n) is 13.7. The molecule has 0 N–H and O–H groups in total. The fraction of sp³-hybridized carbons (Fsp3) is 0.100. The van der Waals surface area contributed by atoms with Crippen molar-refractivity contribution in [1.82, 2.24) is 4.98 Å². The fourth-order valence-electron chi connectivity index (χ4n) is 3.11. The molecule has 0 fully saturated rings. The summed E-state index contributed by atoms with van der Waals surface area (Å²) in [5.74, 6) is -0.352. The minimum absolute atomic E-state index is 0.00723. The van der Waals surface area contributed by atoms with E-state index in [2.05, 4.69) is 4.98 Å². The molecule has 0 radical (unpaired) electrons. The van der Waals surface area contributed by atoms with Gasteiger partial charge in [-0.3, -0.25) is 4.98 Å². The van der Waals surface area contributed by atoms with Crippen LogP contribution in [0, 0.1) is 0 Å². The third kappa shape index (κ3) is 3.11. The van der Waals surface area contributed by atoms with Crippen LogP contribution in [0.1, 0.15) is 16.7 Å². The quantitative estimate of drug-likeness (QED) is 0.568. The lowest BCUT2D eigenvalue weighted by molar-refractivity contribution is -0.133. The molecule has 5 nitrogen and oxygen atoms in total. The number of thiol groups is 1. The molecule has 0 atom stereocenters. The molecule has 0 aliphatic carbocycles. The van der Waals surface area contributed by atoms with Gasteiger partial charge in [-0.1, -0.05) is 42.5 Å². The van der Waals surface area contributed by atoms with Crippen LogP contribution in [0.5, 0.6) is 0 Å². The molecule has 26 heavy (non-hydrogen) atoms. The van der Waals surface area contributed by atoms with Crippen LogP contribution in [-0.2, 0) is 26.0 Å². The molecule has 3 aromatic rings. The van der Waals surface area contributed by atoms with Gasteiger partial charge in [-0.25, -0.2) is 13.2 Å². The van der Waals surface area contributed by atoms with Gasteiger partial charge >= 0.3 is 5.97 Å². The highest BCUT2D eigenvalue weighted by Crippen LogP contribution is 2.34. The van der Waals surface area contributed by atoms with Crippen molar-refractivity contribution >= 4 is 38.7 Å². The number of pyridine rings is 1. The number of esters is 1. The molecule has 130 valence electrons. The van der Waals surface area contributed by atoms with E-state index in [4.69, 9.17) is 4.74 Å². The van der Waals surface area contributed by atoms with E-state index in [1.165, 1.54) is 0 Å². The number of rotatable bonds is 4. The molecule has 1 aliphatic rings. The molecule has 0 amide bonds. The summed E-state index contributed by atoms with van der Waals surface area (Å²) >= 11 is 0. The highest BCUT2D eigenvalue weighted by molar-refractivity contribution is 7.71. The topological polar surface area (TPSA) is 73.3 Å². The second-order valence-electron chi connectivity index (χ2n) is 6.03. The normalized spacial score (nSPS) is 14.3. The number of hydrogen-bond acceptors (Lipinski definition) is 5. The van der Waals surface area contributed by atoms with Crippen LogP contribution in [0.2, 0.25) is 0 Å². The number of carbonyl (C=O) groups is 1. The second-order valence-corrected chi connectivity index (χ2v) is 7.01. The molecular formula is C20H15NO4S. The fourth-order valence-corrected chi connectivity index (χ4v) is 3.62. The monoisotopic (exact) mass is 365 g/mol. The standard InChI is InChI=1S/C20H15NO4S/c22-20-19(16-8-7-15-2-1-9-21-18(15)10-16)17(11-25-20)14-5-3-13(4-6-14)12-26(23)24/h1-10,26H,11-12H2. The van der Waals surface area contributed by atoms with E-state index < -0.39 is 10.7 Å². The van der Waals surface area contributed by atoms with Crippen molar-refractivity contribution in [3.05, 3.63) is 77.5 Å². The SMILES string of the molecule is O=C1OCC(c2ccc(C[SH](=O)=O)cc2)=C1c1ccc2cccnc2c1. The Morgan fingerprint density at radius 3 is 2.54 bits per heavy atom. The smallest absolute Gasteiger partial charge is 0.339 e. The summed E-state index contributed by atoms with van der Waals surface area (Å²) in [7, 11) is -2.46. The van der Waals surface area contributed by atoms with Gasteiger partial charge < -0.3 is 4.74 Å². The first-order valence-electron chi connectivity index (χ1n) is 8.08. The number of hydrogen-bond donors (Lipinski definition) is 1. The van der Waals surface area contributed by atoms with Crippen molar-refractivity contribution in [1.29, 1.82) is 0 Å². The third-order valence-electron chi connectivity index (χ3n) is 4.36. The lowest BCUT2D eigenvalue weighted by Crippen LogP contribution is -1.98. The van der Waals surface area contributed by atoms with Gasteiger partial charge in [-0.05, 0) is 28.8 Å². The van der Waals surface area contributed by atoms with E-state index in [0.29, 0.717) is 11.1 Å². The molecule has 1 aliphatic heterocycles. The Balaban J connectivity index is 1.79. The van der Waals surface area contributed by atoms with Crippen LogP contribution in [0.3, 0.4) is 0 Å².